The predicted octanol–water partition coefficient (Wildman–Crippen LogP) is 3.57. The fourth-order valence-electron chi connectivity index (χ4n) is 3.87. The molecule has 7 heteroatoms. The zero-order valence-electron chi connectivity index (χ0n) is 18.2. The second kappa shape index (κ2) is 11.5. The molecule has 1 heterocycles. The van der Waals surface area contributed by atoms with Crippen molar-refractivity contribution in [2.45, 2.75) is 32.5 Å². The Labute approximate surface area is 195 Å². The molecule has 1 fully saturated rings. The lowest BCUT2D eigenvalue weighted by Crippen LogP contribution is -2.50. The van der Waals surface area contributed by atoms with Crippen LogP contribution in [-0.2, 0) is 6.42 Å². The summed E-state index contributed by atoms with van der Waals surface area (Å²) in [6, 6.07) is 11.4. The quantitative estimate of drug-likeness (QED) is 0.591. The van der Waals surface area contributed by atoms with Gasteiger partial charge in [0.1, 0.15) is 18.5 Å². The molecule has 170 valence electrons. The summed E-state index contributed by atoms with van der Waals surface area (Å²) in [6.07, 6.45) is -0.339. The molecule has 0 saturated carbocycles. The molecule has 0 radical (unpaired) electrons. The number of rotatable bonds is 9. The number of β-amino-alcohol motifs (C(OH)–C–C–N with tert-alkyl or cyclic N) is 2. The monoisotopic (exact) mass is 466 g/mol. The summed E-state index contributed by atoms with van der Waals surface area (Å²) in [5, 5.41) is 22.3. The van der Waals surface area contributed by atoms with Crippen LogP contribution >= 0.6 is 23.2 Å². The van der Waals surface area contributed by atoms with E-state index in [1.807, 2.05) is 44.2 Å². The molecule has 0 aromatic heterocycles. The van der Waals surface area contributed by atoms with Crippen LogP contribution in [0, 0.1) is 13.8 Å². The third-order valence-corrected chi connectivity index (χ3v) is 6.52. The topological polar surface area (TPSA) is 56.2 Å². The van der Waals surface area contributed by atoms with E-state index >= 15 is 0 Å². The first-order valence-corrected chi connectivity index (χ1v) is 11.5. The Kier molecular flexibility index (Phi) is 9.02. The Balaban J connectivity index is 1.35. The zero-order chi connectivity index (χ0) is 22.4. The van der Waals surface area contributed by atoms with E-state index in [-0.39, 0.29) is 6.61 Å². The summed E-state index contributed by atoms with van der Waals surface area (Å²) < 4.78 is 5.70. The van der Waals surface area contributed by atoms with E-state index in [1.54, 1.807) is 6.07 Å². The first-order chi connectivity index (χ1) is 14.8. The summed E-state index contributed by atoms with van der Waals surface area (Å²) >= 11 is 12.1. The predicted molar refractivity (Wildman–Crippen MR) is 126 cm³/mol. The van der Waals surface area contributed by atoms with Crippen molar-refractivity contribution in [3.63, 3.8) is 0 Å². The van der Waals surface area contributed by atoms with Crippen LogP contribution in [0.4, 0.5) is 0 Å². The van der Waals surface area contributed by atoms with Crippen LogP contribution in [-0.4, -0.2) is 78.1 Å². The van der Waals surface area contributed by atoms with Crippen molar-refractivity contribution in [1.29, 1.82) is 0 Å². The second-order valence-electron chi connectivity index (χ2n) is 8.42. The number of aryl methyl sites for hydroxylation is 2. The highest BCUT2D eigenvalue weighted by atomic mass is 35.5. The van der Waals surface area contributed by atoms with Gasteiger partial charge in [-0.15, -0.1) is 0 Å². The van der Waals surface area contributed by atoms with Crippen LogP contribution in [0.15, 0.2) is 36.4 Å². The molecule has 2 N–H and O–H groups in total. The Bertz CT molecular complexity index is 857. The Hall–Kier alpha value is -1.34. The largest absolute Gasteiger partial charge is 0.491 e. The minimum Gasteiger partial charge on any atom is -0.491 e. The molecule has 2 aromatic rings. The van der Waals surface area contributed by atoms with Crippen molar-refractivity contribution < 1.29 is 14.9 Å². The van der Waals surface area contributed by atoms with Gasteiger partial charge in [0.25, 0.3) is 0 Å². The molecular weight excluding hydrogens is 435 g/mol. The molecule has 5 nitrogen and oxygen atoms in total. The average molecular weight is 467 g/mol. The van der Waals surface area contributed by atoms with Crippen molar-refractivity contribution in [2.24, 2.45) is 0 Å². The number of hydrogen-bond donors (Lipinski definition) is 2. The minimum atomic E-state index is -0.554. The van der Waals surface area contributed by atoms with Gasteiger partial charge in [-0.3, -0.25) is 9.80 Å². The molecule has 3 rings (SSSR count). The molecule has 2 aromatic carbocycles. The number of ether oxygens (including phenoxy) is 1. The molecule has 1 aliphatic rings. The molecule has 2 unspecified atom stereocenters. The molecule has 0 spiro atoms. The fraction of sp³-hybridized carbons (Fsp3) is 0.500. The molecular formula is C24H32Cl2N2O3. The van der Waals surface area contributed by atoms with Crippen LogP contribution in [0.1, 0.15) is 16.7 Å². The Morgan fingerprint density at radius 1 is 0.839 bits per heavy atom. The standard InChI is InChI=1S/C24H32Cl2N2O3/c1-17-11-19(3-5-23(17)25)13-20(29)14-27-7-9-28(10-8-27)15-21(30)16-31-22-4-6-24(26)18(2)12-22/h3-6,11-12,20-21,29-30H,7-10,13-16H2,1-2H3. The lowest BCUT2D eigenvalue weighted by atomic mass is 10.0. The van der Waals surface area contributed by atoms with Crippen molar-refractivity contribution in [2.75, 3.05) is 45.9 Å². The van der Waals surface area contributed by atoms with E-state index in [9.17, 15) is 10.2 Å². The van der Waals surface area contributed by atoms with E-state index < -0.39 is 12.2 Å². The molecule has 1 saturated heterocycles. The maximum Gasteiger partial charge on any atom is 0.119 e. The first-order valence-electron chi connectivity index (χ1n) is 10.7. The van der Waals surface area contributed by atoms with E-state index in [2.05, 4.69) is 9.80 Å². The second-order valence-corrected chi connectivity index (χ2v) is 9.23. The maximum absolute atomic E-state index is 10.5. The molecule has 0 amide bonds. The third-order valence-electron chi connectivity index (χ3n) is 5.67. The van der Waals surface area contributed by atoms with Crippen LogP contribution < -0.4 is 4.74 Å². The van der Waals surface area contributed by atoms with E-state index in [0.717, 1.165) is 53.6 Å². The van der Waals surface area contributed by atoms with Gasteiger partial charge in [0.15, 0.2) is 0 Å². The lowest BCUT2D eigenvalue weighted by Gasteiger charge is -2.36. The molecule has 31 heavy (non-hydrogen) atoms. The maximum atomic E-state index is 10.5. The highest BCUT2D eigenvalue weighted by molar-refractivity contribution is 6.31. The Morgan fingerprint density at radius 2 is 1.39 bits per heavy atom. The number of nitrogens with zero attached hydrogens (tertiary/aromatic N) is 2. The molecule has 1 aliphatic heterocycles. The average Bonchev–Trinajstić information content (AvgIpc) is 2.73. The van der Waals surface area contributed by atoms with Crippen molar-refractivity contribution in [3.8, 4) is 5.75 Å². The van der Waals surface area contributed by atoms with Crippen LogP contribution in [0.5, 0.6) is 5.75 Å². The van der Waals surface area contributed by atoms with Crippen LogP contribution in [0.2, 0.25) is 10.0 Å². The number of piperazine rings is 1. The SMILES string of the molecule is Cc1cc(CC(O)CN2CCN(CC(O)COc3ccc(Cl)c(C)c3)CC2)ccc1Cl. The van der Waals surface area contributed by atoms with E-state index in [0.29, 0.717) is 24.5 Å². The number of hydrogen-bond acceptors (Lipinski definition) is 5. The summed E-state index contributed by atoms with van der Waals surface area (Å²) in [6.45, 7) is 8.87. The van der Waals surface area contributed by atoms with Gasteiger partial charge < -0.3 is 14.9 Å². The summed E-state index contributed by atoms with van der Waals surface area (Å²) in [5.41, 5.74) is 3.10. The number of aliphatic hydroxyl groups excluding tert-OH is 2. The zero-order valence-corrected chi connectivity index (χ0v) is 19.7. The van der Waals surface area contributed by atoms with Crippen LogP contribution in [0.3, 0.4) is 0 Å². The van der Waals surface area contributed by atoms with E-state index in [4.69, 9.17) is 27.9 Å². The van der Waals surface area contributed by atoms with Gasteiger partial charge in [0, 0.05) is 49.3 Å². The molecule has 2 atom stereocenters. The minimum absolute atomic E-state index is 0.251. The summed E-state index contributed by atoms with van der Waals surface area (Å²) in [4.78, 5) is 4.52. The van der Waals surface area contributed by atoms with Gasteiger partial charge in [0.05, 0.1) is 6.10 Å². The number of halogens is 2. The smallest absolute Gasteiger partial charge is 0.119 e. The summed E-state index contributed by atoms with van der Waals surface area (Å²) in [5.74, 6) is 0.718. The number of benzene rings is 2. The Morgan fingerprint density at radius 3 is 1.97 bits per heavy atom. The van der Waals surface area contributed by atoms with Gasteiger partial charge >= 0.3 is 0 Å². The lowest BCUT2D eigenvalue weighted by molar-refractivity contribution is 0.0334. The van der Waals surface area contributed by atoms with Crippen LogP contribution in [0.25, 0.3) is 0 Å². The van der Waals surface area contributed by atoms with Gasteiger partial charge in [-0.05, 0) is 61.2 Å². The van der Waals surface area contributed by atoms with Crippen molar-refractivity contribution in [1.82, 2.24) is 9.80 Å². The summed E-state index contributed by atoms with van der Waals surface area (Å²) in [7, 11) is 0. The molecule has 0 bridgehead atoms. The normalized spacial score (nSPS) is 17.5. The van der Waals surface area contributed by atoms with Gasteiger partial charge in [-0.1, -0.05) is 35.3 Å². The van der Waals surface area contributed by atoms with Gasteiger partial charge in [0.2, 0.25) is 0 Å². The van der Waals surface area contributed by atoms with Gasteiger partial charge in [-0.25, -0.2) is 0 Å². The van der Waals surface area contributed by atoms with Crippen molar-refractivity contribution in [3.05, 3.63) is 63.1 Å². The van der Waals surface area contributed by atoms with Crippen molar-refractivity contribution >= 4 is 23.2 Å². The van der Waals surface area contributed by atoms with Gasteiger partial charge in [-0.2, -0.15) is 0 Å². The number of aliphatic hydroxyl groups is 2. The third kappa shape index (κ3) is 7.63. The first kappa shape index (κ1) is 24.3. The highest BCUT2D eigenvalue weighted by Gasteiger charge is 2.21. The van der Waals surface area contributed by atoms with E-state index in [1.165, 1.54) is 0 Å². The fourth-order valence-corrected chi connectivity index (χ4v) is 4.11. The highest BCUT2D eigenvalue weighted by Crippen LogP contribution is 2.21. The molecule has 0 aliphatic carbocycles.